The van der Waals surface area contributed by atoms with Gasteiger partial charge in [-0.05, 0) is 6.92 Å². The molecule has 0 atom stereocenters. The molecule has 2 heterocycles. The van der Waals surface area contributed by atoms with Gasteiger partial charge in [-0.3, -0.25) is 0 Å². The number of hydrogen-bond acceptors (Lipinski definition) is 4. The van der Waals surface area contributed by atoms with Gasteiger partial charge in [0.2, 0.25) is 0 Å². The van der Waals surface area contributed by atoms with Gasteiger partial charge in [0, 0.05) is 19.5 Å². The second-order valence-corrected chi connectivity index (χ2v) is 4.24. The SMILES string of the molecule is CCc1nc(C)c(CN=C(N)N2CCOCC2)o1. The number of hydrogen-bond donors (Lipinski definition) is 1. The molecule has 2 N–H and O–H groups in total. The van der Waals surface area contributed by atoms with Crippen molar-refractivity contribution < 1.29 is 9.15 Å². The second-order valence-electron chi connectivity index (χ2n) is 4.24. The van der Waals surface area contributed by atoms with E-state index < -0.39 is 0 Å². The Morgan fingerprint density at radius 3 is 2.78 bits per heavy atom. The largest absolute Gasteiger partial charge is 0.443 e. The van der Waals surface area contributed by atoms with Crippen molar-refractivity contribution in [2.45, 2.75) is 26.8 Å². The predicted molar refractivity (Wildman–Crippen MR) is 68.3 cm³/mol. The minimum absolute atomic E-state index is 0.446. The molecule has 2 rings (SSSR count). The fourth-order valence-corrected chi connectivity index (χ4v) is 1.83. The van der Waals surface area contributed by atoms with Gasteiger partial charge in [0.25, 0.3) is 0 Å². The molecule has 0 unspecified atom stereocenters. The van der Waals surface area contributed by atoms with Crippen LogP contribution >= 0.6 is 0 Å². The van der Waals surface area contributed by atoms with Crippen LogP contribution in [0.15, 0.2) is 9.41 Å². The minimum atomic E-state index is 0.446. The monoisotopic (exact) mass is 252 g/mol. The Labute approximate surface area is 107 Å². The van der Waals surface area contributed by atoms with E-state index in [2.05, 4.69) is 9.98 Å². The van der Waals surface area contributed by atoms with Crippen LogP contribution in [-0.4, -0.2) is 42.1 Å². The number of guanidine groups is 1. The van der Waals surface area contributed by atoms with Crippen LogP contribution in [0.1, 0.15) is 24.3 Å². The molecule has 1 saturated heterocycles. The van der Waals surface area contributed by atoms with Crippen molar-refractivity contribution in [2.75, 3.05) is 26.3 Å². The lowest BCUT2D eigenvalue weighted by atomic mass is 10.4. The van der Waals surface area contributed by atoms with E-state index in [1.54, 1.807) is 0 Å². The lowest BCUT2D eigenvalue weighted by Gasteiger charge is -2.27. The lowest BCUT2D eigenvalue weighted by molar-refractivity contribution is 0.0674. The Hall–Kier alpha value is -1.56. The third-order valence-electron chi connectivity index (χ3n) is 2.96. The molecule has 100 valence electrons. The van der Waals surface area contributed by atoms with E-state index >= 15 is 0 Å². The van der Waals surface area contributed by atoms with E-state index in [9.17, 15) is 0 Å². The minimum Gasteiger partial charge on any atom is -0.443 e. The molecule has 0 amide bonds. The molecule has 0 spiro atoms. The summed E-state index contributed by atoms with van der Waals surface area (Å²) in [7, 11) is 0. The van der Waals surface area contributed by atoms with Crippen molar-refractivity contribution >= 4 is 5.96 Å². The summed E-state index contributed by atoms with van der Waals surface area (Å²) in [6.07, 6.45) is 0.795. The van der Waals surface area contributed by atoms with E-state index in [-0.39, 0.29) is 0 Å². The summed E-state index contributed by atoms with van der Waals surface area (Å²) in [6, 6.07) is 0. The molecule has 0 saturated carbocycles. The number of ether oxygens (including phenoxy) is 1. The summed E-state index contributed by atoms with van der Waals surface area (Å²) >= 11 is 0. The van der Waals surface area contributed by atoms with Crippen molar-refractivity contribution in [2.24, 2.45) is 10.7 Å². The average molecular weight is 252 g/mol. The summed E-state index contributed by atoms with van der Waals surface area (Å²) in [6.45, 7) is 7.39. The number of nitrogens with zero attached hydrogens (tertiary/aromatic N) is 3. The highest BCUT2D eigenvalue weighted by Gasteiger charge is 2.13. The molecule has 0 radical (unpaired) electrons. The summed E-state index contributed by atoms with van der Waals surface area (Å²) < 4.78 is 10.9. The quantitative estimate of drug-likeness (QED) is 0.632. The maximum Gasteiger partial charge on any atom is 0.194 e. The Morgan fingerprint density at radius 2 is 2.17 bits per heavy atom. The zero-order chi connectivity index (χ0) is 13.0. The normalized spacial score (nSPS) is 17.2. The van der Waals surface area contributed by atoms with Crippen molar-refractivity contribution in [1.82, 2.24) is 9.88 Å². The number of oxazole rings is 1. The summed E-state index contributed by atoms with van der Waals surface area (Å²) in [5.74, 6) is 2.10. The standard InChI is InChI=1S/C12H20N4O2/c1-3-11-15-9(2)10(18-11)8-14-12(13)16-4-6-17-7-5-16/h3-8H2,1-2H3,(H2,13,14). The summed E-state index contributed by atoms with van der Waals surface area (Å²) in [5.41, 5.74) is 6.84. The molecule has 0 bridgehead atoms. The number of aliphatic imine (C=N–C) groups is 1. The van der Waals surface area contributed by atoms with E-state index in [1.807, 2.05) is 18.7 Å². The zero-order valence-electron chi connectivity index (χ0n) is 11.0. The fraction of sp³-hybridized carbons (Fsp3) is 0.667. The van der Waals surface area contributed by atoms with E-state index in [0.717, 1.165) is 36.9 Å². The van der Waals surface area contributed by atoms with Crippen LogP contribution in [0.2, 0.25) is 0 Å². The van der Waals surface area contributed by atoms with Crippen LogP contribution in [-0.2, 0) is 17.7 Å². The highest BCUT2D eigenvalue weighted by atomic mass is 16.5. The van der Waals surface area contributed by atoms with E-state index in [0.29, 0.717) is 25.7 Å². The summed E-state index contributed by atoms with van der Waals surface area (Å²) in [4.78, 5) is 10.7. The molecule has 1 fully saturated rings. The molecule has 1 aromatic rings. The maximum atomic E-state index is 5.94. The van der Waals surface area contributed by atoms with Crippen LogP contribution < -0.4 is 5.73 Å². The van der Waals surface area contributed by atoms with Gasteiger partial charge in [-0.25, -0.2) is 9.98 Å². The van der Waals surface area contributed by atoms with Crippen LogP contribution in [0, 0.1) is 6.92 Å². The van der Waals surface area contributed by atoms with Gasteiger partial charge < -0.3 is 19.8 Å². The number of morpholine rings is 1. The van der Waals surface area contributed by atoms with Gasteiger partial charge >= 0.3 is 0 Å². The molecule has 1 aliphatic rings. The molecule has 18 heavy (non-hydrogen) atoms. The van der Waals surface area contributed by atoms with Crippen molar-refractivity contribution in [3.8, 4) is 0 Å². The third kappa shape index (κ3) is 3.01. The fourth-order valence-electron chi connectivity index (χ4n) is 1.83. The Kier molecular flexibility index (Phi) is 4.19. The van der Waals surface area contributed by atoms with Gasteiger partial charge in [-0.2, -0.15) is 0 Å². The van der Waals surface area contributed by atoms with Gasteiger partial charge in [-0.1, -0.05) is 6.92 Å². The molecule has 0 aromatic carbocycles. The van der Waals surface area contributed by atoms with Gasteiger partial charge in [0.05, 0.1) is 18.9 Å². The molecule has 6 heteroatoms. The van der Waals surface area contributed by atoms with Crippen LogP contribution in [0.5, 0.6) is 0 Å². The van der Waals surface area contributed by atoms with Crippen molar-refractivity contribution in [3.63, 3.8) is 0 Å². The van der Waals surface area contributed by atoms with Crippen molar-refractivity contribution in [1.29, 1.82) is 0 Å². The molecular weight excluding hydrogens is 232 g/mol. The van der Waals surface area contributed by atoms with Gasteiger partial charge in [-0.15, -0.1) is 0 Å². The molecule has 0 aliphatic carbocycles. The Balaban J connectivity index is 1.97. The first-order valence-electron chi connectivity index (χ1n) is 6.28. The van der Waals surface area contributed by atoms with Gasteiger partial charge in [0.1, 0.15) is 12.3 Å². The second kappa shape index (κ2) is 5.86. The number of rotatable bonds is 3. The predicted octanol–water partition coefficient (Wildman–Crippen LogP) is 0.692. The van der Waals surface area contributed by atoms with Gasteiger partial charge in [0.15, 0.2) is 11.9 Å². The Morgan fingerprint density at radius 1 is 1.44 bits per heavy atom. The van der Waals surface area contributed by atoms with E-state index in [4.69, 9.17) is 14.9 Å². The molecule has 1 aliphatic heterocycles. The first kappa shape index (κ1) is 12.9. The Bertz CT molecular complexity index is 422. The van der Waals surface area contributed by atoms with Crippen molar-refractivity contribution in [3.05, 3.63) is 17.3 Å². The first-order chi connectivity index (χ1) is 8.70. The molecular formula is C12H20N4O2. The first-order valence-corrected chi connectivity index (χ1v) is 6.28. The summed E-state index contributed by atoms with van der Waals surface area (Å²) in [5, 5.41) is 0. The van der Waals surface area contributed by atoms with Crippen LogP contribution in [0.25, 0.3) is 0 Å². The third-order valence-corrected chi connectivity index (χ3v) is 2.96. The highest BCUT2D eigenvalue weighted by Crippen LogP contribution is 2.12. The average Bonchev–Trinajstić information content (AvgIpc) is 2.77. The number of nitrogens with two attached hydrogens (primary N) is 1. The number of aryl methyl sites for hydroxylation is 2. The van der Waals surface area contributed by atoms with E-state index in [1.165, 1.54) is 0 Å². The van der Waals surface area contributed by atoms with Crippen LogP contribution in [0.4, 0.5) is 0 Å². The van der Waals surface area contributed by atoms with Crippen LogP contribution in [0.3, 0.4) is 0 Å². The lowest BCUT2D eigenvalue weighted by Crippen LogP contribution is -2.44. The maximum absolute atomic E-state index is 5.94. The molecule has 6 nitrogen and oxygen atoms in total. The highest BCUT2D eigenvalue weighted by molar-refractivity contribution is 5.78. The topological polar surface area (TPSA) is 76.9 Å². The zero-order valence-corrected chi connectivity index (χ0v) is 11.0. The molecule has 1 aromatic heterocycles. The smallest absolute Gasteiger partial charge is 0.194 e. The number of aromatic nitrogens is 1.